The standard InChI is InChI=1S/C14H19N3S/c1-2-8-15-9-5-10-18-14-12-6-3-4-7-13(12)16-11-17-14/h3-4,6-7,11,15H,2,5,8-10H2,1H3. The van der Waals surface area contributed by atoms with E-state index < -0.39 is 0 Å². The van der Waals surface area contributed by atoms with Gasteiger partial charge in [0.1, 0.15) is 11.4 Å². The molecule has 96 valence electrons. The first-order valence-corrected chi connectivity index (χ1v) is 7.43. The molecule has 1 N–H and O–H groups in total. The maximum atomic E-state index is 4.37. The summed E-state index contributed by atoms with van der Waals surface area (Å²) >= 11 is 1.82. The van der Waals surface area contributed by atoms with Crippen LogP contribution in [0.4, 0.5) is 0 Å². The summed E-state index contributed by atoms with van der Waals surface area (Å²) in [5, 5.41) is 5.66. The van der Waals surface area contributed by atoms with E-state index >= 15 is 0 Å². The summed E-state index contributed by atoms with van der Waals surface area (Å²) in [6.07, 6.45) is 4.02. The Labute approximate surface area is 112 Å². The van der Waals surface area contributed by atoms with Crippen molar-refractivity contribution in [3.8, 4) is 0 Å². The monoisotopic (exact) mass is 261 g/mol. The molecule has 0 radical (unpaired) electrons. The summed E-state index contributed by atoms with van der Waals surface area (Å²) in [6.45, 7) is 4.39. The maximum Gasteiger partial charge on any atom is 0.117 e. The van der Waals surface area contributed by atoms with Crippen molar-refractivity contribution in [1.29, 1.82) is 0 Å². The Morgan fingerprint density at radius 3 is 2.94 bits per heavy atom. The van der Waals surface area contributed by atoms with Gasteiger partial charge in [-0.1, -0.05) is 25.1 Å². The van der Waals surface area contributed by atoms with Crippen molar-refractivity contribution in [3.05, 3.63) is 30.6 Å². The predicted molar refractivity (Wildman–Crippen MR) is 78.0 cm³/mol. The van der Waals surface area contributed by atoms with Crippen LogP contribution in [-0.2, 0) is 0 Å². The van der Waals surface area contributed by atoms with Crippen molar-refractivity contribution in [1.82, 2.24) is 15.3 Å². The highest BCUT2D eigenvalue weighted by molar-refractivity contribution is 7.99. The smallest absolute Gasteiger partial charge is 0.117 e. The molecule has 0 spiro atoms. The van der Waals surface area contributed by atoms with Gasteiger partial charge in [0.15, 0.2) is 0 Å². The van der Waals surface area contributed by atoms with Crippen molar-refractivity contribution in [2.24, 2.45) is 0 Å². The van der Waals surface area contributed by atoms with E-state index in [0.717, 1.165) is 34.8 Å². The van der Waals surface area contributed by atoms with E-state index in [1.54, 1.807) is 6.33 Å². The summed E-state index contributed by atoms with van der Waals surface area (Å²) in [6, 6.07) is 8.17. The lowest BCUT2D eigenvalue weighted by molar-refractivity contribution is 0.664. The molecule has 0 saturated carbocycles. The van der Waals surface area contributed by atoms with Crippen LogP contribution < -0.4 is 5.32 Å². The minimum absolute atomic E-state index is 1.03. The van der Waals surface area contributed by atoms with Crippen LogP contribution in [0.5, 0.6) is 0 Å². The van der Waals surface area contributed by atoms with Gasteiger partial charge in [-0.2, -0.15) is 0 Å². The van der Waals surface area contributed by atoms with Gasteiger partial charge in [0, 0.05) is 11.1 Å². The predicted octanol–water partition coefficient (Wildman–Crippen LogP) is 3.11. The van der Waals surface area contributed by atoms with Crippen molar-refractivity contribution >= 4 is 22.7 Å². The van der Waals surface area contributed by atoms with Gasteiger partial charge in [0.25, 0.3) is 0 Å². The fourth-order valence-electron chi connectivity index (χ4n) is 1.76. The summed E-state index contributed by atoms with van der Waals surface area (Å²) in [5.41, 5.74) is 1.03. The Bertz CT molecular complexity index is 482. The van der Waals surface area contributed by atoms with E-state index in [9.17, 15) is 0 Å². The molecule has 2 aromatic rings. The van der Waals surface area contributed by atoms with Crippen LogP contribution in [0.2, 0.25) is 0 Å². The van der Waals surface area contributed by atoms with Crippen LogP contribution in [0, 0.1) is 0 Å². The number of rotatable bonds is 7. The van der Waals surface area contributed by atoms with Crippen LogP contribution in [0.1, 0.15) is 19.8 Å². The van der Waals surface area contributed by atoms with E-state index in [2.05, 4.69) is 28.3 Å². The van der Waals surface area contributed by atoms with E-state index in [1.165, 1.54) is 12.8 Å². The normalized spacial score (nSPS) is 10.9. The Balaban J connectivity index is 1.88. The summed E-state index contributed by atoms with van der Waals surface area (Å²) in [4.78, 5) is 8.65. The van der Waals surface area contributed by atoms with Gasteiger partial charge in [-0.05, 0) is 32.0 Å². The molecule has 0 bridgehead atoms. The molecule has 0 fully saturated rings. The molecule has 3 nitrogen and oxygen atoms in total. The Morgan fingerprint density at radius 2 is 2.06 bits per heavy atom. The third kappa shape index (κ3) is 3.68. The molecule has 1 aromatic carbocycles. The molecule has 0 unspecified atom stereocenters. The zero-order valence-corrected chi connectivity index (χ0v) is 11.5. The van der Waals surface area contributed by atoms with Gasteiger partial charge in [-0.3, -0.25) is 0 Å². The second-order valence-electron chi connectivity index (χ2n) is 4.15. The maximum absolute atomic E-state index is 4.37. The number of nitrogens with one attached hydrogen (secondary N) is 1. The average Bonchev–Trinajstić information content (AvgIpc) is 2.43. The van der Waals surface area contributed by atoms with Gasteiger partial charge < -0.3 is 5.32 Å². The van der Waals surface area contributed by atoms with Crippen molar-refractivity contribution in [2.45, 2.75) is 24.8 Å². The quantitative estimate of drug-likeness (QED) is 0.472. The zero-order valence-electron chi connectivity index (χ0n) is 10.7. The molecule has 2 rings (SSSR count). The molecular formula is C14H19N3S. The topological polar surface area (TPSA) is 37.8 Å². The molecule has 4 heteroatoms. The Morgan fingerprint density at radius 1 is 1.17 bits per heavy atom. The molecule has 0 saturated heterocycles. The summed E-state index contributed by atoms with van der Waals surface area (Å²) in [5.74, 6) is 1.09. The Kier molecular flexibility index (Phi) is 5.42. The van der Waals surface area contributed by atoms with Crippen LogP contribution in [-0.4, -0.2) is 28.8 Å². The number of benzene rings is 1. The fourth-order valence-corrected chi connectivity index (χ4v) is 2.69. The number of aromatic nitrogens is 2. The first-order chi connectivity index (χ1) is 8.92. The number of fused-ring (bicyclic) bond motifs is 1. The van der Waals surface area contributed by atoms with Crippen LogP contribution >= 0.6 is 11.8 Å². The number of hydrogen-bond acceptors (Lipinski definition) is 4. The molecule has 0 aliphatic rings. The van der Waals surface area contributed by atoms with Gasteiger partial charge in [-0.15, -0.1) is 11.8 Å². The Hall–Kier alpha value is -1.13. The fraction of sp³-hybridized carbons (Fsp3) is 0.429. The molecule has 1 heterocycles. The van der Waals surface area contributed by atoms with E-state index in [1.807, 2.05) is 30.0 Å². The van der Waals surface area contributed by atoms with Gasteiger partial charge in [0.2, 0.25) is 0 Å². The van der Waals surface area contributed by atoms with E-state index in [0.29, 0.717) is 0 Å². The summed E-state index contributed by atoms with van der Waals surface area (Å²) in [7, 11) is 0. The number of nitrogens with zero attached hydrogens (tertiary/aromatic N) is 2. The lowest BCUT2D eigenvalue weighted by atomic mass is 10.2. The first kappa shape index (κ1) is 13.3. The van der Waals surface area contributed by atoms with Gasteiger partial charge in [-0.25, -0.2) is 9.97 Å². The van der Waals surface area contributed by atoms with E-state index in [4.69, 9.17) is 0 Å². The minimum atomic E-state index is 1.03. The molecular weight excluding hydrogens is 242 g/mol. The second-order valence-corrected chi connectivity index (χ2v) is 5.23. The minimum Gasteiger partial charge on any atom is -0.317 e. The molecule has 1 aromatic heterocycles. The lowest BCUT2D eigenvalue weighted by Gasteiger charge is -2.05. The first-order valence-electron chi connectivity index (χ1n) is 6.45. The second kappa shape index (κ2) is 7.34. The third-order valence-corrected chi connectivity index (χ3v) is 3.76. The van der Waals surface area contributed by atoms with Gasteiger partial charge >= 0.3 is 0 Å². The van der Waals surface area contributed by atoms with E-state index in [-0.39, 0.29) is 0 Å². The molecule has 0 aliphatic carbocycles. The number of hydrogen-bond donors (Lipinski definition) is 1. The highest BCUT2D eigenvalue weighted by Gasteiger charge is 2.02. The largest absolute Gasteiger partial charge is 0.317 e. The number of para-hydroxylation sites is 1. The van der Waals surface area contributed by atoms with Crippen molar-refractivity contribution in [3.63, 3.8) is 0 Å². The van der Waals surface area contributed by atoms with Gasteiger partial charge in [0.05, 0.1) is 5.52 Å². The summed E-state index contributed by atoms with van der Waals surface area (Å²) < 4.78 is 0. The lowest BCUT2D eigenvalue weighted by Crippen LogP contribution is -2.16. The van der Waals surface area contributed by atoms with Crippen LogP contribution in [0.25, 0.3) is 10.9 Å². The molecule has 0 amide bonds. The highest BCUT2D eigenvalue weighted by atomic mass is 32.2. The van der Waals surface area contributed by atoms with Crippen molar-refractivity contribution < 1.29 is 0 Å². The third-order valence-electron chi connectivity index (χ3n) is 2.67. The van der Waals surface area contributed by atoms with Crippen LogP contribution in [0.3, 0.4) is 0 Å². The molecule has 0 atom stereocenters. The number of thioether (sulfide) groups is 1. The van der Waals surface area contributed by atoms with Crippen molar-refractivity contribution in [2.75, 3.05) is 18.8 Å². The molecule has 18 heavy (non-hydrogen) atoms. The highest BCUT2D eigenvalue weighted by Crippen LogP contribution is 2.24. The average molecular weight is 261 g/mol. The SMILES string of the molecule is CCCNCCCSc1ncnc2ccccc12. The van der Waals surface area contributed by atoms with Crippen LogP contribution in [0.15, 0.2) is 35.6 Å². The molecule has 0 aliphatic heterocycles. The zero-order chi connectivity index (χ0) is 12.6.